The number of rotatable bonds is 6. The van der Waals surface area contributed by atoms with E-state index >= 15 is 0 Å². The Bertz CT molecular complexity index is 827. The number of benzene rings is 1. The van der Waals surface area contributed by atoms with E-state index in [2.05, 4.69) is 4.72 Å². The van der Waals surface area contributed by atoms with E-state index in [4.69, 9.17) is 16.3 Å². The summed E-state index contributed by atoms with van der Waals surface area (Å²) >= 11 is 7.23. The fourth-order valence-electron chi connectivity index (χ4n) is 3.01. The first kappa shape index (κ1) is 18.7. The summed E-state index contributed by atoms with van der Waals surface area (Å²) < 4.78 is 33.7. The van der Waals surface area contributed by atoms with Crippen LogP contribution in [0.3, 0.4) is 0 Å². The summed E-state index contributed by atoms with van der Waals surface area (Å²) in [5.74, 6) is 1.07. The Morgan fingerprint density at radius 2 is 2.00 bits per heavy atom. The van der Waals surface area contributed by atoms with Crippen LogP contribution < -0.4 is 9.46 Å². The van der Waals surface area contributed by atoms with E-state index in [9.17, 15) is 8.42 Å². The van der Waals surface area contributed by atoms with Gasteiger partial charge in [0.2, 0.25) is 15.1 Å². The molecule has 1 aliphatic rings. The Labute approximate surface area is 158 Å². The molecule has 4 nitrogen and oxygen atoms in total. The second-order valence-electron chi connectivity index (χ2n) is 6.48. The highest BCUT2D eigenvalue weighted by molar-refractivity contribution is 7.91. The molecular formula is C18H22ClNO3S2. The van der Waals surface area contributed by atoms with Crippen molar-refractivity contribution in [3.63, 3.8) is 0 Å². The van der Waals surface area contributed by atoms with Gasteiger partial charge in [-0.1, -0.05) is 54.3 Å². The van der Waals surface area contributed by atoms with Crippen molar-refractivity contribution in [2.45, 2.75) is 43.2 Å². The Kier molecular flexibility index (Phi) is 6.04. The van der Waals surface area contributed by atoms with Crippen LogP contribution in [0.4, 0.5) is 0 Å². The van der Waals surface area contributed by atoms with Crippen molar-refractivity contribution in [1.82, 2.24) is 4.72 Å². The molecule has 2 aromatic rings. The van der Waals surface area contributed by atoms with Gasteiger partial charge in [0.1, 0.15) is 9.96 Å². The van der Waals surface area contributed by atoms with E-state index in [1.54, 1.807) is 0 Å². The summed E-state index contributed by atoms with van der Waals surface area (Å²) in [5, 5.41) is 0.704. The van der Waals surface area contributed by atoms with Crippen molar-refractivity contribution in [3.8, 4) is 10.8 Å². The van der Waals surface area contributed by atoms with Gasteiger partial charge in [-0.25, -0.2) is 13.1 Å². The minimum atomic E-state index is -3.56. The number of halogens is 1. The number of aryl methyl sites for hydroxylation is 1. The van der Waals surface area contributed by atoms with Crippen molar-refractivity contribution in [2.75, 3.05) is 6.54 Å². The first-order valence-corrected chi connectivity index (χ1v) is 11.2. The van der Waals surface area contributed by atoms with Gasteiger partial charge in [0.25, 0.3) is 0 Å². The first-order valence-electron chi connectivity index (χ1n) is 8.47. The SMILES string of the molecule is Cc1cccc(Oc2sc(S(=O)(=O)NCC3CCCCC3)cc2Cl)c1. The van der Waals surface area contributed by atoms with E-state index in [1.165, 1.54) is 25.3 Å². The quantitative estimate of drug-likeness (QED) is 0.711. The van der Waals surface area contributed by atoms with E-state index in [1.807, 2.05) is 31.2 Å². The van der Waals surface area contributed by atoms with Gasteiger partial charge in [0.15, 0.2) is 0 Å². The molecule has 1 aromatic carbocycles. The Balaban J connectivity index is 1.69. The molecule has 1 aliphatic carbocycles. The lowest BCUT2D eigenvalue weighted by atomic mass is 9.90. The average Bonchev–Trinajstić information content (AvgIpc) is 2.96. The van der Waals surface area contributed by atoms with Crippen molar-refractivity contribution < 1.29 is 13.2 Å². The molecule has 136 valence electrons. The molecule has 1 saturated carbocycles. The predicted molar refractivity (Wildman–Crippen MR) is 102 cm³/mol. The summed E-state index contributed by atoms with van der Waals surface area (Å²) in [6.07, 6.45) is 5.81. The van der Waals surface area contributed by atoms with E-state index < -0.39 is 10.0 Å². The third-order valence-electron chi connectivity index (χ3n) is 4.38. The van der Waals surface area contributed by atoms with Crippen LogP contribution in [-0.2, 0) is 10.0 Å². The number of thiophene rings is 1. The highest BCUT2D eigenvalue weighted by atomic mass is 35.5. The van der Waals surface area contributed by atoms with Gasteiger partial charge in [0.05, 0.1) is 5.02 Å². The Morgan fingerprint density at radius 3 is 2.72 bits per heavy atom. The van der Waals surface area contributed by atoms with Crippen molar-refractivity contribution in [2.24, 2.45) is 5.92 Å². The monoisotopic (exact) mass is 399 g/mol. The second-order valence-corrected chi connectivity index (χ2v) is 9.89. The molecule has 0 bridgehead atoms. The topological polar surface area (TPSA) is 55.4 Å². The normalized spacial score (nSPS) is 16.1. The molecular weight excluding hydrogens is 378 g/mol. The highest BCUT2D eigenvalue weighted by Gasteiger charge is 2.23. The molecule has 0 unspecified atom stereocenters. The molecule has 25 heavy (non-hydrogen) atoms. The number of hydrogen-bond donors (Lipinski definition) is 1. The molecule has 0 radical (unpaired) electrons. The van der Waals surface area contributed by atoms with Crippen LogP contribution in [0.2, 0.25) is 5.02 Å². The minimum Gasteiger partial charge on any atom is -0.445 e. The molecule has 0 saturated heterocycles. The summed E-state index contributed by atoms with van der Waals surface area (Å²) in [7, 11) is -3.56. The number of nitrogens with one attached hydrogen (secondary N) is 1. The first-order chi connectivity index (χ1) is 11.9. The third kappa shape index (κ3) is 4.97. The Hall–Kier alpha value is -1.08. The van der Waals surface area contributed by atoms with Crippen molar-refractivity contribution in [3.05, 3.63) is 40.9 Å². The molecule has 0 atom stereocenters. The second kappa shape index (κ2) is 8.08. The fraction of sp³-hybridized carbons (Fsp3) is 0.444. The van der Waals surface area contributed by atoms with Gasteiger partial charge in [-0.15, -0.1) is 0 Å². The van der Waals surface area contributed by atoms with Gasteiger partial charge < -0.3 is 4.74 Å². The molecule has 0 amide bonds. The zero-order valence-corrected chi connectivity index (χ0v) is 16.5. The maximum absolute atomic E-state index is 12.5. The lowest BCUT2D eigenvalue weighted by molar-refractivity contribution is 0.357. The van der Waals surface area contributed by atoms with Crippen LogP contribution in [-0.4, -0.2) is 15.0 Å². The maximum atomic E-state index is 12.5. The van der Waals surface area contributed by atoms with Gasteiger partial charge >= 0.3 is 0 Å². The summed E-state index contributed by atoms with van der Waals surface area (Å²) in [6, 6.07) is 9.01. The molecule has 0 spiro atoms. The molecule has 1 aromatic heterocycles. The number of sulfonamides is 1. The molecule has 1 N–H and O–H groups in total. The van der Waals surface area contributed by atoms with Gasteiger partial charge in [-0.05, 0) is 49.4 Å². The van der Waals surface area contributed by atoms with Crippen LogP contribution >= 0.6 is 22.9 Å². The smallest absolute Gasteiger partial charge is 0.250 e. The summed E-state index contributed by atoms with van der Waals surface area (Å²) in [5.41, 5.74) is 1.06. The van der Waals surface area contributed by atoms with Crippen LogP contribution in [0.25, 0.3) is 0 Å². The Morgan fingerprint density at radius 1 is 1.24 bits per heavy atom. The maximum Gasteiger partial charge on any atom is 0.250 e. The largest absolute Gasteiger partial charge is 0.445 e. The number of hydrogen-bond acceptors (Lipinski definition) is 4. The molecule has 0 aliphatic heterocycles. The van der Waals surface area contributed by atoms with Crippen molar-refractivity contribution >= 4 is 33.0 Å². The predicted octanol–water partition coefficient (Wildman–Crippen LogP) is 5.36. The molecule has 7 heteroatoms. The van der Waals surface area contributed by atoms with E-state index in [0.717, 1.165) is 29.7 Å². The van der Waals surface area contributed by atoms with Crippen LogP contribution in [0.15, 0.2) is 34.5 Å². The molecule has 1 heterocycles. The van der Waals surface area contributed by atoms with Gasteiger partial charge in [-0.2, -0.15) is 0 Å². The summed E-state index contributed by atoms with van der Waals surface area (Å²) in [6.45, 7) is 2.46. The zero-order valence-electron chi connectivity index (χ0n) is 14.1. The average molecular weight is 400 g/mol. The van der Waals surface area contributed by atoms with Crippen LogP contribution in [0.1, 0.15) is 37.7 Å². The molecule has 1 fully saturated rings. The van der Waals surface area contributed by atoms with Gasteiger partial charge in [-0.3, -0.25) is 0 Å². The standard InChI is InChI=1S/C18H22ClNO3S2/c1-13-6-5-9-15(10-13)23-18-16(19)11-17(24-18)25(21,22)20-12-14-7-3-2-4-8-14/h5-6,9-11,14,20H,2-4,7-8,12H2,1H3. The van der Waals surface area contributed by atoms with Crippen LogP contribution in [0.5, 0.6) is 10.8 Å². The minimum absolute atomic E-state index is 0.191. The third-order valence-corrected chi connectivity index (χ3v) is 7.69. The zero-order chi connectivity index (χ0) is 17.9. The number of ether oxygens (including phenoxy) is 1. The van der Waals surface area contributed by atoms with Crippen molar-refractivity contribution in [1.29, 1.82) is 0 Å². The summed E-state index contributed by atoms with van der Waals surface area (Å²) in [4.78, 5) is 0. The van der Waals surface area contributed by atoms with Crippen LogP contribution in [0, 0.1) is 12.8 Å². The van der Waals surface area contributed by atoms with E-state index in [-0.39, 0.29) is 4.21 Å². The molecule has 3 rings (SSSR count). The lowest BCUT2D eigenvalue weighted by Crippen LogP contribution is -2.29. The lowest BCUT2D eigenvalue weighted by Gasteiger charge is -2.21. The van der Waals surface area contributed by atoms with E-state index in [0.29, 0.717) is 28.3 Å². The highest BCUT2D eigenvalue weighted by Crippen LogP contribution is 2.40. The van der Waals surface area contributed by atoms with Gasteiger partial charge in [0, 0.05) is 6.54 Å². The fourth-order valence-corrected chi connectivity index (χ4v) is 5.77.